The standard InChI is InChI=1S/C13H23NO/c1-10(2)7-12(15)14-11-8-13(9-11)5-3-4-6-13/h10-11H,3-9H2,1-2H3,(H,14,15). The molecule has 1 amide bonds. The Labute approximate surface area is 92.8 Å². The zero-order chi connectivity index (χ0) is 10.9. The van der Waals surface area contributed by atoms with Gasteiger partial charge in [-0.1, -0.05) is 26.7 Å². The van der Waals surface area contributed by atoms with Crippen molar-refractivity contribution >= 4 is 5.91 Å². The average molecular weight is 209 g/mol. The highest BCUT2D eigenvalue weighted by Gasteiger charge is 2.45. The van der Waals surface area contributed by atoms with Crippen molar-refractivity contribution in [2.45, 2.75) is 64.8 Å². The second-order valence-electron chi connectivity index (χ2n) is 5.98. The minimum atomic E-state index is 0.253. The van der Waals surface area contributed by atoms with E-state index in [1.165, 1.54) is 38.5 Å². The van der Waals surface area contributed by atoms with Gasteiger partial charge < -0.3 is 5.32 Å². The maximum Gasteiger partial charge on any atom is 0.220 e. The Hall–Kier alpha value is -0.530. The molecule has 0 radical (unpaired) electrons. The van der Waals surface area contributed by atoms with E-state index < -0.39 is 0 Å². The number of amides is 1. The first kappa shape index (κ1) is 11.0. The summed E-state index contributed by atoms with van der Waals surface area (Å²) in [5.74, 6) is 0.730. The summed E-state index contributed by atoms with van der Waals surface area (Å²) in [5.41, 5.74) is 0.649. The molecule has 2 aliphatic carbocycles. The Balaban J connectivity index is 1.69. The van der Waals surface area contributed by atoms with Crippen molar-refractivity contribution in [3.05, 3.63) is 0 Å². The van der Waals surface area contributed by atoms with E-state index in [2.05, 4.69) is 19.2 Å². The minimum absolute atomic E-state index is 0.253. The van der Waals surface area contributed by atoms with Gasteiger partial charge in [0.2, 0.25) is 5.91 Å². The lowest BCUT2D eigenvalue weighted by atomic mass is 9.64. The van der Waals surface area contributed by atoms with Crippen molar-refractivity contribution in [3.63, 3.8) is 0 Å². The first-order valence-electron chi connectivity index (χ1n) is 6.39. The van der Waals surface area contributed by atoms with Crippen molar-refractivity contribution in [2.24, 2.45) is 11.3 Å². The van der Waals surface area contributed by atoms with Crippen LogP contribution < -0.4 is 5.32 Å². The van der Waals surface area contributed by atoms with E-state index in [1.54, 1.807) is 0 Å². The van der Waals surface area contributed by atoms with Crippen LogP contribution in [-0.4, -0.2) is 11.9 Å². The molecule has 0 bridgehead atoms. The molecular formula is C13H23NO. The molecule has 0 saturated heterocycles. The molecule has 2 fully saturated rings. The van der Waals surface area contributed by atoms with Gasteiger partial charge in [0.05, 0.1) is 0 Å². The molecule has 0 atom stereocenters. The first-order chi connectivity index (χ1) is 7.10. The van der Waals surface area contributed by atoms with Gasteiger partial charge in [0.15, 0.2) is 0 Å². The molecule has 0 aromatic rings. The van der Waals surface area contributed by atoms with Crippen LogP contribution in [0.15, 0.2) is 0 Å². The maximum atomic E-state index is 11.5. The summed E-state index contributed by atoms with van der Waals surface area (Å²) in [6, 6.07) is 0.495. The first-order valence-corrected chi connectivity index (χ1v) is 6.39. The van der Waals surface area contributed by atoms with E-state index in [9.17, 15) is 4.79 Å². The van der Waals surface area contributed by atoms with Gasteiger partial charge in [-0.2, -0.15) is 0 Å². The van der Waals surface area contributed by atoms with Gasteiger partial charge in [0.1, 0.15) is 0 Å². The summed E-state index contributed by atoms with van der Waals surface area (Å²) in [4.78, 5) is 11.5. The Morgan fingerprint density at radius 2 is 1.93 bits per heavy atom. The van der Waals surface area contributed by atoms with Crippen LogP contribution in [0.2, 0.25) is 0 Å². The molecule has 86 valence electrons. The quantitative estimate of drug-likeness (QED) is 0.761. The molecule has 0 aromatic heterocycles. The van der Waals surface area contributed by atoms with E-state index in [0.29, 0.717) is 23.8 Å². The molecule has 1 spiro atoms. The normalized spacial score (nSPS) is 24.5. The maximum absolute atomic E-state index is 11.5. The Bertz CT molecular complexity index is 233. The molecule has 0 unspecified atom stereocenters. The van der Waals surface area contributed by atoms with Crippen LogP contribution in [0.25, 0.3) is 0 Å². The van der Waals surface area contributed by atoms with Gasteiger partial charge in [0.25, 0.3) is 0 Å². The van der Waals surface area contributed by atoms with E-state index in [4.69, 9.17) is 0 Å². The lowest BCUT2D eigenvalue weighted by Crippen LogP contribution is -2.49. The number of carbonyl (C=O) groups is 1. The highest BCUT2D eigenvalue weighted by atomic mass is 16.1. The van der Waals surface area contributed by atoms with Crippen LogP contribution in [0.5, 0.6) is 0 Å². The van der Waals surface area contributed by atoms with Crippen molar-refractivity contribution in [2.75, 3.05) is 0 Å². The zero-order valence-corrected chi connectivity index (χ0v) is 10.0. The summed E-state index contributed by atoms with van der Waals surface area (Å²) in [7, 11) is 0. The number of rotatable bonds is 3. The van der Waals surface area contributed by atoms with Crippen LogP contribution in [0, 0.1) is 11.3 Å². The van der Waals surface area contributed by atoms with Gasteiger partial charge >= 0.3 is 0 Å². The Morgan fingerprint density at radius 1 is 1.33 bits per heavy atom. The molecule has 2 nitrogen and oxygen atoms in total. The zero-order valence-electron chi connectivity index (χ0n) is 10.0. The van der Waals surface area contributed by atoms with E-state index >= 15 is 0 Å². The van der Waals surface area contributed by atoms with E-state index in [1.807, 2.05) is 0 Å². The highest BCUT2D eigenvalue weighted by Crippen LogP contribution is 2.53. The molecule has 2 rings (SSSR count). The summed E-state index contributed by atoms with van der Waals surface area (Å²) in [5, 5.41) is 3.16. The van der Waals surface area contributed by atoms with Crippen LogP contribution in [-0.2, 0) is 4.79 Å². The van der Waals surface area contributed by atoms with Crippen LogP contribution in [0.4, 0.5) is 0 Å². The number of nitrogens with one attached hydrogen (secondary N) is 1. The number of carbonyl (C=O) groups excluding carboxylic acids is 1. The van der Waals surface area contributed by atoms with Crippen LogP contribution in [0.1, 0.15) is 58.8 Å². The second-order valence-corrected chi connectivity index (χ2v) is 5.98. The topological polar surface area (TPSA) is 29.1 Å². The lowest BCUT2D eigenvalue weighted by molar-refractivity contribution is -0.124. The van der Waals surface area contributed by atoms with Gasteiger partial charge in [-0.3, -0.25) is 4.79 Å². The van der Waals surface area contributed by atoms with E-state index in [-0.39, 0.29) is 5.91 Å². The minimum Gasteiger partial charge on any atom is -0.353 e. The largest absolute Gasteiger partial charge is 0.353 e. The molecule has 2 heteroatoms. The van der Waals surface area contributed by atoms with E-state index in [0.717, 1.165) is 0 Å². The smallest absolute Gasteiger partial charge is 0.220 e. The van der Waals surface area contributed by atoms with Crippen molar-refractivity contribution in [1.82, 2.24) is 5.32 Å². The van der Waals surface area contributed by atoms with Gasteiger partial charge in [0, 0.05) is 12.5 Å². The molecule has 0 aromatic carbocycles. The van der Waals surface area contributed by atoms with Crippen molar-refractivity contribution < 1.29 is 4.79 Å². The number of hydrogen-bond acceptors (Lipinski definition) is 1. The molecule has 15 heavy (non-hydrogen) atoms. The van der Waals surface area contributed by atoms with Gasteiger partial charge in [-0.05, 0) is 37.0 Å². The monoisotopic (exact) mass is 209 g/mol. The lowest BCUT2D eigenvalue weighted by Gasteiger charge is -2.45. The summed E-state index contributed by atoms with van der Waals surface area (Å²) < 4.78 is 0. The third kappa shape index (κ3) is 2.53. The fraction of sp³-hybridized carbons (Fsp3) is 0.923. The fourth-order valence-corrected chi connectivity index (χ4v) is 3.28. The van der Waals surface area contributed by atoms with Gasteiger partial charge in [-0.25, -0.2) is 0 Å². The Kier molecular flexibility index (Phi) is 3.03. The second kappa shape index (κ2) is 4.15. The average Bonchev–Trinajstić information content (AvgIpc) is 2.50. The molecule has 2 saturated carbocycles. The van der Waals surface area contributed by atoms with Crippen LogP contribution in [0.3, 0.4) is 0 Å². The summed E-state index contributed by atoms with van der Waals surface area (Å²) >= 11 is 0. The molecule has 0 heterocycles. The fourth-order valence-electron chi connectivity index (χ4n) is 3.28. The third-order valence-electron chi connectivity index (χ3n) is 3.98. The van der Waals surface area contributed by atoms with Crippen molar-refractivity contribution in [1.29, 1.82) is 0 Å². The molecular weight excluding hydrogens is 186 g/mol. The van der Waals surface area contributed by atoms with Crippen molar-refractivity contribution in [3.8, 4) is 0 Å². The predicted octanol–water partition coefficient (Wildman–Crippen LogP) is 2.87. The predicted molar refractivity (Wildman–Crippen MR) is 61.5 cm³/mol. The molecule has 2 aliphatic rings. The third-order valence-corrected chi connectivity index (χ3v) is 3.98. The summed E-state index contributed by atoms with van der Waals surface area (Å²) in [6.45, 7) is 4.19. The molecule has 0 aliphatic heterocycles. The summed E-state index contributed by atoms with van der Waals surface area (Å²) in [6.07, 6.45) is 8.81. The molecule has 1 N–H and O–H groups in total. The number of hydrogen-bond donors (Lipinski definition) is 1. The van der Waals surface area contributed by atoms with Gasteiger partial charge in [-0.15, -0.1) is 0 Å². The Morgan fingerprint density at radius 3 is 2.47 bits per heavy atom. The van der Waals surface area contributed by atoms with Crippen LogP contribution >= 0.6 is 0 Å². The highest BCUT2D eigenvalue weighted by molar-refractivity contribution is 5.76. The SMILES string of the molecule is CC(C)CC(=O)NC1CC2(CCCC2)C1.